The number of alkyl carbamates (subject to hydrolysis) is 1. The van der Waals surface area contributed by atoms with Gasteiger partial charge in [0.1, 0.15) is 23.8 Å². The summed E-state index contributed by atoms with van der Waals surface area (Å²) in [5, 5.41) is 16.3. The van der Waals surface area contributed by atoms with Crippen molar-refractivity contribution in [1.29, 1.82) is 0 Å². The van der Waals surface area contributed by atoms with Gasteiger partial charge in [-0.2, -0.15) is 0 Å². The zero-order chi connectivity index (χ0) is 26.9. The number of carbonyl (C=O) groups is 2. The zero-order valence-electron chi connectivity index (χ0n) is 21.0. The van der Waals surface area contributed by atoms with Gasteiger partial charge in [0.05, 0.1) is 0 Å². The first-order valence-corrected chi connectivity index (χ1v) is 12.5. The lowest BCUT2D eigenvalue weighted by atomic mass is 9.69. The van der Waals surface area contributed by atoms with E-state index in [9.17, 15) is 23.9 Å². The van der Waals surface area contributed by atoms with Crippen LogP contribution in [0.5, 0.6) is 5.75 Å². The fourth-order valence-electron chi connectivity index (χ4n) is 5.26. The minimum absolute atomic E-state index is 0.0475. The van der Waals surface area contributed by atoms with Gasteiger partial charge in [-0.1, -0.05) is 49.4 Å². The number of amides is 2. The van der Waals surface area contributed by atoms with E-state index in [0.29, 0.717) is 37.8 Å². The molecule has 10 heteroatoms. The van der Waals surface area contributed by atoms with Crippen molar-refractivity contribution in [3.05, 3.63) is 93.4 Å². The first kappa shape index (κ1) is 25.4. The van der Waals surface area contributed by atoms with Gasteiger partial charge < -0.3 is 20.5 Å². The third-order valence-corrected chi connectivity index (χ3v) is 7.56. The van der Waals surface area contributed by atoms with Crippen molar-refractivity contribution < 1.29 is 23.8 Å². The van der Waals surface area contributed by atoms with E-state index in [-0.39, 0.29) is 24.4 Å². The summed E-state index contributed by atoms with van der Waals surface area (Å²) < 4.78 is 20.0. The molecular weight excluding hydrogens is 491 g/mol. The van der Waals surface area contributed by atoms with Gasteiger partial charge in [-0.05, 0) is 54.4 Å². The molecule has 1 aromatic heterocycles. The predicted octanol–water partition coefficient (Wildman–Crippen LogP) is 3.73. The van der Waals surface area contributed by atoms with Crippen LogP contribution in [0.1, 0.15) is 60.0 Å². The Morgan fingerprint density at radius 1 is 1.05 bits per heavy atom. The van der Waals surface area contributed by atoms with Crippen molar-refractivity contribution in [2.45, 2.75) is 57.8 Å². The second-order valence-electron chi connectivity index (χ2n) is 10.4. The van der Waals surface area contributed by atoms with Crippen molar-refractivity contribution in [3.8, 4) is 5.75 Å². The average Bonchev–Trinajstić information content (AvgIpc) is 3.11. The highest BCUT2D eigenvalue weighted by Crippen LogP contribution is 2.49. The molecule has 1 fully saturated rings. The second-order valence-corrected chi connectivity index (χ2v) is 10.4. The van der Waals surface area contributed by atoms with Gasteiger partial charge in [-0.15, -0.1) is 0 Å². The number of aromatic nitrogens is 2. The number of ether oxygens (including phenoxy) is 1. The van der Waals surface area contributed by atoms with Crippen LogP contribution < -0.4 is 16.2 Å². The molecule has 3 N–H and O–H groups in total. The monoisotopic (exact) mass is 520 g/mol. The van der Waals surface area contributed by atoms with Crippen LogP contribution in [0.3, 0.4) is 0 Å². The van der Waals surface area contributed by atoms with Crippen molar-refractivity contribution in [2.75, 3.05) is 0 Å². The van der Waals surface area contributed by atoms with Crippen LogP contribution >= 0.6 is 0 Å². The Morgan fingerprint density at radius 2 is 1.74 bits per heavy atom. The van der Waals surface area contributed by atoms with Gasteiger partial charge in [0.2, 0.25) is 5.75 Å². The first-order valence-electron chi connectivity index (χ1n) is 12.5. The molecule has 2 amide bonds. The summed E-state index contributed by atoms with van der Waals surface area (Å²) in [6.45, 7) is 2.49. The molecule has 38 heavy (non-hydrogen) atoms. The summed E-state index contributed by atoms with van der Waals surface area (Å²) in [4.78, 5) is 43.7. The highest BCUT2D eigenvalue weighted by Gasteiger charge is 2.50. The smallest absolute Gasteiger partial charge is 0.408 e. The van der Waals surface area contributed by atoms with Crippen molar-refractivity contribution in [2.24, 2.45) is 5.41 Å². The number of nitrogens with zero attached hydrogens (tertiary/aromatic N) is 2. The van der Waals surface area contributed by atoms with Crippen LogP contribution in [0.15, 0.2) is 59.4 Å². The maximum atomic E-state index is 13.3. The maximum Gasteiger partial charge on any atom is 0.408 e. The third-order valence-electron chi connectivity index (χ3n) is 7.56. The predicted molar refractivity (Wildman–Crippen MR) is 136 cm³/mol. The van der Waals surface area contributed by atoms with Crippen LogP contribution in [0.4, 0.5) is 9.18 Å². The van der Waals surface area contributed by atoms with Gasteiger partial charge in [0.25, 0.3) is 11.5 Å². The van der Waals surface area contributed by atoms with Crippen LogP contribution in [-0.2, 0) is 30.0 Å². The molecule has 3 heterocycles. The normalized spacial score (nSPS) is 21.7. The second kappa shape index (κ2) is 9.92. The summed E-state index contributed by atoms with van der Waals surface area (Å²) in [6, 6.07) is 14.9. The fourth-order valence-corrected chi connectivity index (χ4v) is 5.26. The van der Waals surface area contributed by atoms with Crippen LogP contribution in [-0.4, -0.2) is 26.7 Å². The minimum Gasteiger partial charge on any atom is -0.501 e. The lowest BCUT2D eigenvalue weighted by Crippen LogP contribution is -2.50. The van der Waals surface area contributed by atoms with E-state index >= 15 is 0 Å². The number of fused-ring (bicyclic) bond motifs is 2. The Bertz CT molecular complexity index is 1410. The summed E-state index contributed by atoms with van der Waals surface area (Å²) in [7, 11) is 0. The van der Waals surface area contributed by atoms with Gasteiger partial charge in [-0.3, -0.25) is 14.2 Å². The number of aromatic hydroxyl groups is 1. The number of benzene rings is 2. The number of halogens is 1. The van der Waals surface area contributed by atoms with E-state index in [1.54, 1.807) is 0 Å². The number of carbonyl (C=O) groups excluding carboxylic acids is 2. The molecule has 2 aliphatic heterocycles. The molecule has 9 nitrogen and oxygen atoms in total. The highest BCUT2D eigenvalue weighted by atomic mass is 19.1. The van der Waals surface area contributed by atoms with Gasteiger partial charge in [0.15, 0.2) is 5.69 Å². The molecule has 2 aromatic carbocycles. The highest BCUT2D eigenvalue weighted by molar-refractivity contribution is 5.94. The summed E-state index contributed by atoms with van der Waals surface area (Å²) in [5.74, 6) is -1.68. The molecule has 0 unspecified atom stereocenters. The van der Waals surface area contributed by atoms with E-state index in [1.165, 1.54) is 28.8 Å². The molecule has 0 radical (unpaired) electrons. The first-order chi connectivity index (χ1) is 18.2. The molecule has 3 aliphatic rings. The summed E-state index contributed by atoms with van der Waals surface area (Å²) in [5.41, 5.74) is -0.954. The molecular formula is C28H29FN4O5. The number of hydrogen-bond donors (Lipinski definition) is 3. The van der Waals surface area contributed by atoms with E-state index in [0.717, 1.165) is 5.56 Å². The van der Waals surface area contributed by atoms with Crippen LogP contribution in [0, 0.1) is 11.2 Å². The topological polar surface area (TPSA) is 123 Å². The molecule has 2 bridgehead atoms. The fraction of sp³-hybridized carbons (Fsp3) is 0.357. The lowest BCUT2D eigenvalue weighted by molar-refractivity contribution is 0.0936. The Balaban J connectivity index is 1.44. The zero-order valence-corrected chi connectivity index (χ0v) is 21.0. The van der Waals surface area contributed by atoms with Gasteiger partial charge >= 0.3 is 6.09 Å². The molecule has 0 saturated heterocycles. The summed E-state index contributed by atoms with van der Waals surface area (Å²) >= 11 is 0. The van der Waals surface area contributed by atoms with E-state index in [2.05, 4.69) is 22.5 Å². The van der Waals surface area contributed by atoms with E-state index in [1.807, 2.05) is 30.3 Å². The molecule has 6 rings (SSSR count). The molecule has 198 valence electrons. The number of nitrogens with one attached hydrogen (secondary N) is 2. The van der Waals surface area contributed by atoms with E-state index < -0.39 is 40.4 Å². The van der Waals surface area contributed by atoms with E-state index in [4.69, 9.17) is 4.74 Å². The van der Waals surface area contributed by atoms with Crippen molar-refractivity contribution in [3.63, 3.8) is 0 Å². The molecule has 1 aliphatic carbocycles. The maximum absolute atomic E-state index is 13.3. The molecule has 0 atom stereocenters. The number of rotatable bonds is 6. The Hall–Kier alpha value is -4.21. The largest absolute Gasteiger partial charge is 0.501 e. The van der Waals surface area contributed by atoms with Crippen LogP contribution in [0.2, 0.25) is 0 Å². The molecule has 3 aromatic rings. The molecule has 1 saturated carbocycles. The summed E-state index contributed by atoms with van der Waals surface area (Å²) in [6.07, 6.45) is 1.76. The number of hydrogen-bond acceptors (Lipinski definition) is 6. The quantitative estimate of drug-likeness (QED) is 0.455. The minimum atomic E-state index is -1.04. The standard InChI is InChI=1S/C28H29FN4O5/c1-27-11-13-28(14-12-27,32-26(37)38-16-19-5-3-2-4-6-19)25-31-21(22(34)24(36)33(25)17-27)23(35)30-15-18-7-9-20(29)10-8-18/h2-10,34H,11-17H2,1H3,(H,30,35)(H,32,37). The third kappa shape index (κ3) is 4.98. The van der Waals surface area contributed by atoms with Crippen molar-refractivity contribution >= 4 is 12.0 Å². The Morgan fingerprint density at radius 3 is 2.42 bits per heavy atom. The van der Waals surface area contributed by atoms with Crippen molar-refractivity contribution in [1.82, 2.24) is 20.2 Å². The Labute approximate surface area is 218 Å². The Kier molecular flexibility index (Phi) is 6.64. The SMILES string of the molecule is CC12CCC(NC(=O)OCc3ccccc3)(CC1)c1nc(C(=O)NCc3ccc(F)cc3)c(O)c(=O)n1C2. The van der Waals surface area contributed by atoms with Gasteiger partial charge in [0, 0.05) is 13.1 Å². The molecule has 0 spiro atoms. The average molecular weight is 521 g/mol. The van der Waals surface area contributed by atoms with Gasteiger partial charge in [-0.25, -0.2) is 14.2 Å². The van der Waals surface area contributed by atoms with Crippen LogP contribution in [0.25, 0.3) is 0 Å². The lowest BCUT2D eigenvalue weighted by Gasteiger charge is -2.40.